The molecule has 0 saturated carbocycles. The van der Waals surface area contributed by atoms with Crippen LogP contribution in [0, 0.1) is 0 Å². The van der Waals surface area contributed by atoms with Crippen LogP contribution in [-0.2, 0) is 0 Å². The van der Waals surface area contributed by atoms with Crippen LogP contribution in [0.25, 0.3) is 0 Å². The number of methoxy groups -OCH3 is 1. The van der Waals surface area contributed by atoms with Crippen LogP contribution >= 0.6 is 0 Å². The highest BCUT2D eigenvalue weighted by molar-refractivity contribution is 5.31. The molecule has 1 atom stereocenters. The number of hydrogen-bond donors (Lipinski definition) is 2. The lowest BCUT2D eigenvalue weighted by atomic mass is 9.95. The molecule has 5 nitrogen and oxygen atoms in total. The molecule has 1 heterocycles. The third-order valence-corrected chi connectivity index (χ3v) is 2.70. The van der Waals surface area contributed by atoms with Crippen LogP contribution < -0.4 is 10.1 Å². The van der Waals surface area contributed by atoms with Gasteiger partial charge in [0.05, 0.1) is 7.11 Å². The molecule has 0 aromatic carbocycles. The minimum absolute atomic E-state index is 0.140. The first kappa shape index (κ1) is 12.7. The van der Waals surface area contributed by atoms with Crippen molar-refractivity contribution in [2.75, 3.05) is 19.0 Å². The standard InChI is InChI=1S/C11H19N3O2/c1-4-11(2,6-8-15)14-10-12-7-5-9(13-10)16-3/h5,7,15H,4,6,8H2,1-3H3,(H,12,13,14). The fourth-order valence-corrected chi connectivity index (χ4v) is 1.36. The number of anilines is 1. The first-order valence-electron chi connectivity index (χ1n) is 5.39. The summed E-state index contributed by atoms with van der Waals surface area (Å²) >= 11 is 0. The second-order valence-corrected chi connectivity index (χ2v) is 3.94. The summed E-state index contributed by atoms with van der Waals surface area (Å²) in [5.41, 5.74) is -0.193. The Balaban J connectivity index is 2.77. The van der Waals surface area contributed by atoms with E-state index in [-0.39, 0.29) is 12.1 Å². The Labute approximate surface area is 95.9 Å². The minimum atomic E-state index is -0.193. The van der Waals surface area contributed by atoms with Crippen molar-refractivity contribution in [3.05, 3.63) is 12.3 Å². The third-order valence-electron chi connectivity index (χ3n) is 2.70. The lowest BCUT2D eigenvalue weighted by molar-refractivity contribution is 0.251. The quantitative estimate of drug-likeness (QED) is 0.767. The summed E-state index contributed by atoms with van der Waals surface area (Å²) in [6.45, 7) is 4.23. The van der Waals surface area contributed by atoms with Crippen molar-refractivity contribution in [3.8, 4) is 5.88 Å². The van der Waals surface area contributed by atoms with Crippen LogP contribution in [0.5, 0.6) is 5.88 Å². The summed E-state index contributed by atoms with van der Waals surface area (Å²) in [6.07, 6.45) is 3.18. The molecule has 1 rings (SSSR count). The smallest absolute Gasteiger partial charge is 0.226 e. The number of aromatic nitrogens is 2. The van der Waals surface area contributed by atoms with Crippen molar-refractivity contribution in [1.29, 1.82) is 0 Å². The summed E-state index contributed by atoms with van der Waals surface area (Å²) in [6, 6.07) is 1.69. The van der Waals surface area contributed by atoms with Gasteiger partial charge in [-0.05, 0) is 19.8 Å². The van der Waals surface area contributed by atoms with Gasteiger partial charge in [-0.25, -0.2) is 4.98 Å². The van der Waals surface area contributed by atoms with Gasteiger partial charge in [-0.2, -0.15) is 4.98 Å². The van der Waals surface area contributed by atoms with E-state index in [2.05, 4.69) is 22.2 Å². The van der Waals surface area contributed by atoms with Gasteiger partial charge >= 0.3 is 0 Å². The Morgan fingerprint density at radius 2 is 2.31 bits per heavy atom. The molecule has 5 heteroatoms. The molecule has 0 radical (unpaired) electrons. The zero-order chi connectivity index (χ0) is 12.0. The zero-order valence-corrected chi connectivity index (χ0v) is 10.0. The van der Waals surface area contributed by atoms with Crippen LogP contribution in [-0.4, -0.2) is 34.3 Å². The number of nitrogens with one attached hydrogen (secondary N) is 1. The topological polar surface area (TPSA) is 67.3 Å². The second kappa shape index (κ2) is 5.65. The van der Waals surface area contributed by atoms with Crippen LogP contribution in [0.15, 0.2) is 12.3 Å². The normalized spacial score (nSPS) is 14.2. The molecule has 2 N–H and O–H groups in total. The number of rotatable bonds is 6. The fraction of sp³-hybridized carbons (Fsp3) is 0.636. The molecule has 1 aromatic heterocycles. The summed E-state index contributed by atoms with van der Waals surface area (Å²) in [5.74, 6) is 1.05. The van der Waals surface area contributed by atoms with Gasteiger partial charge in [0.25, 0.3) is 0 Å². The lowest BCUT2D eigenvalue weighted by Gasteiger charge is -2.28. The van der Waals surface area contributed by atoms with Crippen molar-refractivity contribution >= 4 is 5.95 Å². The zero-order valence-electron chi connectivity index (χ0n) is 10.0. The fourth-order valence-electron chi connectivity index (χ4n) is 1.36. The monoisotopic (exact) mass is 225 g/mol. The van der Waals surface area contributed by atoms with E-state index < -0.39 is 0 Å². The highest BCUT2D eigenvalue weighted by Crippen LogP contribution is 2.20. The SMILES string of the molecule is CCC(C)(CCO)Nc1nccc(OC)n1. The van der Waals surface area contributed by atoms with E-state index in [1.54, 1.807) is 19.4 Å². The van der Waals surface area contributed by atoms with Gasteiger partial charge in [-0.15, -0.1) is 0 Å². The molecule has 0 aliphatic rings. The second-order valence-electron chi connectivity index (χ2n) is 3.94. The van der Waals surface area contributed by atoms with Crippen LogP contribution in [0.2, 0.25) is 0 Å². The van der Waals surface area contributed by atoms with Crippen molar-refractivity contribution in [2.45, 2.75) is 32.2 Å². The molecule has 0 amide bonds. The van der Waals surface area contributed by atoms with Gasteiger partial charge in [0, 0.05) is 24.4 Å². The molecule has 0 aliphatic heterocycles. The Hall–Kier alpha value is -1.36. The van der Waals surface area contributed by atoms with Gasteiger partial charge < -0.3 is 15.2 Å². The predicted octanol–water partition coefficient (Wildman–Crippen LogP) is 1.45. The Morgan fingerprint density at radius 1 is 1.56 bits per heavy atom. The van der Waals surface area contributed by atoms with E-state index >= 15 is 0 Å². The summed E-state index contributed by atoms with van der Waals surface area (Å²) < 4.78 is 5.02. The highest BCUT2D eigenvalue weighted by atomic mass is 16.5. The number of aliphatic hydroxyl groups is 1. The maximum atomic E-state index is 9.01. The maximum Gasteiger partial charge on any atom is 0.226 e. The van der Waals surface area contributed by atoms with Gasteiger partial charge in [-0.1, -0.05) is 6.92 Å². The van der Waals surface area contributed by atoms with Crippen LogP contribution in [0.4, 0.5) is 5.95 Å². The van der Waals surface area contributed by atoms with Gasteiger partial charge in [0.1, 0.15) is 0 Å². The van der Waals surface area contributed by atoms with E-state index in [1.807, 2.05) is 6.92 Å². The van der Waals surface area contributed by atoms with E-state index in [4.69, 9.17) is 9.84 Å². The van der Waals surface area contributed by atoms with E-state index in [1.165, 1.54) is 0 Å². The van der Waals surface area contributed by atoms with Crippen LogP contribution in [0.3, 0.4) is 0 Å². The first-order valence-corrected chi connectivity index (χ1v) is 5.39. The Morgan fingerprint density at radius 3 is 2.88 bits per heavy atom. The third kappa shape index (κ3) is 3.34. The molecular weight excluding hydrogens is 206 g/mol. The van der Waals surface area contributed by atoms with Gasteiger partial charge in [0.15, 0.2) is 0 Å². The molecule has 1 unspecified atom stereocenters. The first-order chi connectivity index (χ1) is 7.63. The molecular formula is C11H19N3O2. The number of aliphatic hydroxyl groups excluding tert-OH is 1. The van der Waals surface area contributed by atoms with E-state index in [9.17, 15) is 0 Å². The van der Waals surface area contributed by atoms with Gasteiger partial charge in [0.2, 0.25) is 11.8 Å². The maximum absolute atomic E-state index is 9.01. The van der Waals surface area contributed by atoms with Gasteiger partial charge in [-0.3, -0.25) is 0 Å². The van der Waals surface area contributed by atoms with Crippen LogP contribution in [0.1, 0.15) is 26.7 Å². The molecule has 0 fully saturated rings. The number of ether oxygens (including phenoxy) is 1. The summed E-state index contributed by atoms with van der Waals surface area (Å²) in [4.78, 5) is 8.30. The van der Waals surface area contributed by atoms with E-state index in [0.717, 1.165) is 6.42 Å². The Kier molecular flexibility index (Phi) is 4.49. The molecule has 16 heavy (non-hydrogen) atoms. The van der Waals surface area contributed by atoms with Crippen molar-refractivity contribution in [1.82, 2.24) is 9.97 Å². The molecule has 1 aromatic rings. The number of nitrogens with zero attached hydrogens (tertiary/aromatic N) is 2. The molecule has 0 saturated heterocycles. The molecule has 0 spiro atoms. The predicted molar refractivity (Wildman–Crippen MR) is 62.6 cm³/mol. The molecule has 0 bridgehead atoms. The average molecular weight is 225 g/mol. The Bertz CT molecular complexity index is 333. The molecule has 0 aliphatic carbocycles. The largest absolute Gasteiger partial charge is 0.481 e. The summed E-state index contributed by atoms with van der Waals surface area (Å²) in [7, 11) is 1.57. The van der Waals surface area contributed by atoms with Crippen molar-refractivity contribution < 1.29 is 9.84 Å². The summed E-state index contributed by atoms with van der Waals surface area (Å²) in [5, 5.41) is 12.2. The van der Waals surface area contributed by atoms with Crippen molar-refractivity contribution in [2.24, 2.45) is 0 Å². The molecule has 90 valence electrons. The van der Waals surface area contributed by atoms with E-state index in [0.29, 0.717) is 18.2 Å². The average Bonchev–Trinajstić information content (AvgIpc) is 2.29. The number of hydrogen-bond acceptors (Lipinski definition) is 5. The minimum Gasteiger partial charge on any atom is -0.481 e. The highest BCUT2D eigenvalue weighted by Gasteiger charge is 2.22. The van der Waals surface area contributed by atoms with Crippen molar-refractivity contribution in [3.63, 3.8) is 0 Å². The lowest BCUT2D eigenvalue weighted by Crippen LogP contribution is -2.35.